The Morgan fingerprint density at radius 3 is 2.94 bits per heavy atom. The van der Waals surface area contributed by atoms with Gasteiger partial charge in [0.15, 0.2) is 0 Å². The molecule has 17 heavy (non-hydrogen) atoms. The Morgan fingerprint density at radius 2 is 2.29 bits per heavy atom. The van der Waals surface area contributed by atoms with Crippen molar-refractivity contribution in [1.29, 1.82) is 0 Å². The first-order valence-electron chi connectivity index (χ1n) is 6.15. The summed E-state index contributed by atoms with van der Waals surface area (Å²) in [5.74, 6) is 0.304. The molecule has 94 valence electrons. The fourth-order valence-corrected chi connectivity index (χ4v) is 3.15. The van der Waals surface area contributed by atoms with Crippen LogP contribution in [-0.4, -0.2) is 10.7 Å². The summed E-state index contributed by atoms with van der Waals surface area (Å²) in [6.07, 6.45) is 4.20. The van der Waals surface area contributed by atoms with E-state index in [1.165, 1.54) is 12.5 Å². The van der Waals surface area contributed by atoms with E-state index in [1.54, 1.807) is 6.07 Å². The Bertz CT molecular complexity index is 407. The maximum absolute atomic E-state index is 13.7. The van der Waals surface area contributed by atoms with Crippen LogP contribution in [-0.2, 0) is 6.42 Å². The molecular formula is C14H18BrFO. The monoisotopic (exact) mass is 300 g/mol. The zero-order valence-corrected chi connectivity index (χ0v) is 11.6. The molecule has 0 aromatic heterocycles. The van der Waals surface area contributed by atoms with Gasteiger partial charge in [0.05, 0.1) is 5.60 Å². The molecule has 1 aromatic carbocycles. The summed E-state index contributed by atoms with van der Waals surface area (Å²) in [7, 11) is 0. The predicted octanol–water partition coefficient (Wildman–Crippen LogP) is 4.07. The van der Waals surface area contributed by atoms with E-state index in [9.17, 15) is 9.50 Å². The summed E-state index contributed by atoms with van der Waals surface area (Å²) in [5.41, 5.74) is -0.100. The molecule has 0 saturated heterocycles. The average Bonchev–Trinajstić information content (AvgIpc) is 2.22. The lowest BCUT2D eigenvalue weighted by Gasteiger charge is -2.35. The molecule has 1 aliphatic carbocycles. The molecule has 0 spiro atoms. The van der Waals surface area contributed by atoms with Crippen LogP contribution in [0.3, 0.4) is 0 Å². The van der Waals surface area contributed by atoms with Crippen LogP contribution >= 0.6 is 15.9 Å². The third-order valence-corrected chi connectivity index (χ3v) is 4.10. The number of rotatable bonds is 2. The Hall–Kier alpha value is -0.410. The highest BCUT2D eigenvalue weighted by molar-refractivity contribution is 9.10. The second-order valence-corrected chi connectivity index (χ2v) is 6.25. The number of halogens is 2. The molecule has 0 amide bonds. The van der Waals surface area contributed by atoms with Gasteiger partial charge in [0.25, 0.3) is 0 Å². The molecule has 1 fully saturated rings. The van der Waals surface area contributed by atoms with Crippen molar-refractivity contribution < 1.29 is 9.50 Å². The van der Waals surface area contributed by atoms with Crippen LogP contribution in [0.5, 0.6) is 0 Å². The number of hydrogen-bond acceptors (Lipinski definition) is 1. The summed E-state index contributed by atoms with van der Waals surface area (Å²) in [6.45, 7) is 2.15. The second kappa shape index (κ2) is 5.07. The number of aliphatic hydroxyl groups is 1. The smallest absolute Gasteiger partial charge is 0.127 e. The normalized spacial score (nSPS) is 29.3. The molecule has 2 rings (SSSR count). The molecular weight excluding hydrogens is 283 g/mol. The third kappa shape index (κ3) is 3.29. The summed E-state index contributed by atoms with van der Waals surface area (Å²) in [6, 6.07) is 5.05. The molecule has 1 aromatic rings. The van der Waals surface area contributed by atoms with Gasteiger partial charge in [-0.1, -0.05) is 41.8 Å². The topological polar surface area (TPSA) is 20.2 Å². The van der Waals surface area contributed by atoms with E-state index in [-0.39, 0.29) is 5.82 Å². The molecule has 0 aliphatic heterocycles. The minimum Gasteiger partial charge on any atom is -0.390 e. The molecule has 2 atom stereocenters. The van der Waals surface area contributed by atoms with Crippen molar-refractivity contribution in [3.05, 3.63) is 34.1 Å². The summed E-state index contributed by atoms with van der Waals surface area (Å²) < 4.78 is 14.5. The molecule has 1 nitrogen and oxygen atoms in total. The van der Waals surface area contributed by atoms with E-state index < -0.39 is 5.60 Å². The lowest BCUT2D eigenvalue weighted by molar-refractivity contribution is -0.0130. The highest BCUT2D eigenvalue weighted by Gasteiger charge is 2.33. The molecule has 0 radical (unpaired) electrons. The van der Waals surface area contributed by atoms with Crippen LogP contribution in [0.1, 0.15) is 38.2 Å². The van der Waals surface area contributed by atoms with Gasteiger partial charge in [-0.25, -0.2) is 4.39 Å². The maximum Gasteiger partial charge on any atom is 0.127 e. The average molecular weight is 301 g/mol. The van der Waals surface area contributed by atoms with Crippen LogP contribution in [0.15, 0.2) is 22.7 Å². The zero-order chi connectivity index (χ0) is 12.5. The first kappa shape index (κ1) is 13.0. The van der Waals surface area contributed by atoms with Gasteiger partial charge in [0.1, 0.15) is 5.82 Å². The van der Waals surface area contributed by atoms with E-state index in [1.807, 2.05) is 6.07 Å². The van der Waals surface area contributed by atoms with E-state index in [4.69, 9.17) is 0 Å². The fraction of sp³-hybridized carbons (Fsp3) is 0.571. The minimum atomic E-state index is -0.716. The fourth-order valence-electron chi connectivity index (χ4n) is 2.81. The van der Waals surface area contributed by atoms with Crippen molar-refractivity contribution in [3.8, 4) is 0 Å². The molecule has 0 heterocycles. The van der Waals surface area contributed by atoms with Crippen molar-refractivity contribution in [3.63, 3.8) is 0 Å². The van der Waals surface area contributed by atoms with Gasteiger partial charge in [0, 0.05) is 10.9 Å². The van der Waals surface area contributed by atoms with Crippen LogP contribution < -0.4 is 0 Å². The van der Waals surface area contributed by atoms with Crippen LogP contribution in [0.2, 0.25) is 0 Å². The van der Waals surface area contributed by atoms with Crippen LogP contribution in [0.25, 0.3) is 0 Å². The quantitative estimate of drug-likeness (QED) is 0.873. The van der Waals surface area contributed by atoms with Gasteiger partial charge in [-0.15, -0.1) is 0 Å². The minimum absolute atomic E-state index is 0.231. The van der Waals surface area contributed by atoms with Gasteiger partial charge in [-0.2, -0.15) is 0 Å². The first-order valence-corrected chi connectivity index (χ1v) is 6.94. The van der Waals surface area contributed by atoms with Crippen molar-refractivity contribution in [2.24, 2.45) is 5.92 Å². The SMILES string of the molecule is CC1CCCC(O)(Cc2ccc(Br)cc2F)C1. The Balaban J connectivity index is 2.14. The molecule has 3 heteroatoms. The summed E-state index contributed by atoms with van der Waals surface area (Å²) in [5, 5.41) is 10.5. The van der Waals surface area contributed by atoms with E-state index in [2.05, 4.69) is 22.9 Å². The van der Waals surface area contributed by atoms with E-state index in [0.29, 0.717) is 17.9 Å². The van der Waals surface area contributed by atoms with Gasteiger partial charge in [0.2, 0.25) is 0 Å². The standard InChI is InChI=1S/C14H18BrFO/c1-10-3-2-6-14(17,8-10)9-11-4-5-12(15)7-13(11)16/h4-5,7,10,17H,2-3,6,8-9H2,1H3. The van der Waals surface area contributed by atoms with Crippen molar-refractivity contribution in [1.82, 2.24) is 0 Å². The summed E-state index contributed by atoms with van der Waals surface area (Å²) >= 11 is 3.24. The molecule has 1 aliphatic rings. The predicted molar refractivity (Wildman–Crippen MR) is 70.4 cm³/mol. The van der Waals surface area contributed by atoms with Crippen molar-refractivity contribution in [2.45, 2.75) is 44.6 Å². The van der Waals surface area contributed by atoms with Crippen LogP contribution in [0.4, 0.5) is 4.39 Å². The first-order chi connectivity index (χ1) is 7.98. The molecule has 1 saturated carbocycles. The Kier molecular flexibility index (Phi) is 3.88. The van der Waals surface area contributed by atoms with E-state index >= 15 is 0 Å². The highest BCUT2D eigenvalue weighted by atomic mass is 79.9. The number of hydrogen-bond donors (Lipinski definition) is 1. The van der Waals surface area contributed by atoms with Gasteiger partial charge >= 0.3 is 0 Å². The highest BCUT2D eigenvalue weighted by Crippen LogP contribution is 2.35. The third-order valence-electron chi connectivity index (χ3n) is 3.60. The maximum atomic E-state index is 13.7. The molecule has 1 N–H and O–H groups in total. The summed E-state index contributed by atoms with van der Waals surface area (Å²) in [4.78, 5) is 0. The molecule has 2 unspecified atom stereocenters. The second-order valence-electron chi connectivity index (χ2n) is 5.34. The zero-order valence-electron chi connectivity index (χ0n) is 10.0. The Labute approximate surface area is 110 Å². The van der Waals surface area contributed by atoms with Gasteiger partial charge < -0.3 is 5.11 Å². The Morgan fingerprint density at radius 1 is 1.53 bits per heavy atom. The van der Waals surface area contributed by atoms with E-state index in [0.717, 1.165) is 23.7 Å². The largest absolute Gasteiger partial charge is 0.390 e. The number of benzene rings is 1. The lowest BCUT2D eigenvalue weighted by Crippen LogP contribution is -2.37. The van der Waals surface area contributed by atoms with Gasteiger partial charge in [-0.3, -0.25) is 0 Å². The van der Waals surface area contributed by atoms with Crippen LogP contribution in [0, 0.1) is 11.7 Å². The lowest BCUT2D eigenvalue weighted by atomic mass is 9.76. The van der Waals surface area contributed by atoms with Gasteiger partial charge in [-0.05, 0) is 36.5 Å². The van der Waals surface area contributed by atoms with Crippen molar-refractivity contribution >= 4 is 15.9 Å². The van der Waals surface area contributed by atoms with Crippen molar-refractivity contribution in [2.75, 3.05) is 0 Å². The molecule has 0 bridgehead atoms.